The highest BCUT2D eigenvalue weighted by molar-refractivity contribution is 7.89. The van der Waals surface area contributed by atoms with Gasteiger partial charge in [-0.15, -0.1) is 0 Å². The highest BCUT2D eigenvalue weighted by atomic mass is 32.2. The van der Waals surface area contributed by atoms with E-state index in [1.807, 2.05) is 0 Å². The third-order valence-electron chi connectivity index (χ3n) is 2.58. The standard InChI is InChI=1S/C11H19N3O4S/c1-17-7-8(18-2)6-14-9-4-3-5-10(11(9)12)19(13,15)16/h3-5,8,14H,6-7,12H2,1-2H3,(H2,13,15,16). The van der Waals surface area contributed by atoms with Gasteiger partial charge in [-0.2, -0.15) is 0 Å². The lowest BCUT2D eigenvalue weighted by Gasteiger charge is -2.17. The van der Waals surface area contributed by atoms with Crippen molar-refractivity contribution < 1.29 is 17.9 Å². The Morgan fingerprint density at radius 3 is 2.58 bits per heavy atom. The van der Waals surface area contributed by atoms with Gasteiger partial charge >= 0.3 is 0 Å². The van der Waals surface area contributed by atoms with Crippen LogP contribution in [0.5, 0.6) is 0 Å². The second-order valence-corrected chi connectivity index (χ2v) is 5.49. The number of nitrogens with one attached hydrogen (secondary N) is 1. The van der Waals surface area contributed by atoms with Gasteiger partial charge in [0.1, 0.15) is 4.90 Å². The average molecular weight is 289 g/mol. The van der Waals surface area contributed by atoms with E-state index in [0.717, 1.165) is 0 Å². The Morgan fingerprint density at radius 1 is 1.37 bits per heavy atom. The zero-order valence-electron chi connectivity index (χ0n) is 10.9. The maximum absolute atomic E-state index is 11.3. The summed E-state index contributed by atoms with van der Waals surface area (Å²) in [4.78, 5) is -0.0989. The summed E-state index contributed by atoms with van der Waals surface area (Å²) in [6.45, 7) is 0.848. The van der Waals surface area contributed by atoms with Gasteiger partial charge in [-0.05, 0) is 12.1 Å². The monoisotopic (exact) mass is 289 g/mol. The third-order valence-corrected chi connectivity index (χ3v) is 3.55. The molecule has 0 aliphatic carbocycles. The lowest BCUT2D eigenvalue weighted by atomic mass is 10.2. The minimum absolute atomic E-state index is 0.0947. The first kappa shape index (κ1) is 15.7. The van der Waals surface area contributed by atoms with Gasteiger partial charge in [-0.3, -0.25) is 0 Å². The minimum Gasteiger partial charge on any atom is -0.396 e. The SMILES string of the molecule is COCC(CNc1cccc(S(N)(=O)=O)c1N)OC. The molecule has 1 unspecified atom stereocenters. The van der Waals surface area contributed by atoms with Crippen LogP contribution in [-0.2, 0) is 19.5 Å². The van der Waals surface area contributed by atoms with Crippen LogP contribution in [0.15, 0.2) is 23.1 Å². The normalized spacial score (nSPS) is 13.2. The van der Waals surface area contributed by atoms with Crippen LogP contribution >= 0.6 is 0 Å². The number of benzene rings is 1. The van der Waals surface area contributed by atoms with Crippen LogP contribution < -0.4 is 16.2 Å². The van der Waals surface area contributed by atoms with Crippen molar-refractivity contribution in [1.82, 2.24) is 0 Å². The van der Waals surface area contributed by atoms with Crippen LogP contribution in [0.3, 0.4) is 0 Å². The second-order valence-electron chi connectivity index (χ2n) is 3.96. The summed E-state index contributed by atoms with van der Waals surface area (Å²) in [7, 11) is -0.695. The van der Waals surface area contributed by atoms with Crippen molar-refractivity contribution in [1.29, 1.82) is 0 Å². The Bertz CT molecular complexity index is 519. The lowest BCUT2D eigenvalue weighted by Crippen LogP contribution is -2.27. The summed E-state index contributed by atoms with van der Waals surface area (Å²) < 4.78 is 32.8. The molecule has 19 heavy (non-hydrogen) atoms. The van der Waals surface area contributed by atoms with Gasteiger partial charge in [0.05, 0.1) is 24.1 Å². The number of hydrogen-bond donors (Lipinski definition) is 3. The molecule has 1 aromatic carbocycles. The Morgan fingerprint density at radius 2 is 2.05 bits per heavy atom. The molecule has 0 aromatic heterocycles. The van der Waals surface area contributed by atoms with E-state index in [-0.39, 0.29) is 16.7 Å². The number of anilines is 2. The minimum atomic E-state index is -3.83. The summed E-state index contributed by atoms with van der Waals surface area (Å²) in [5.74, 6) is 0. The van der Waals surface area contributed by atoms with Crippen LogP contribution in [0.4, 0.5) is 11.4 Å². The number of ether oxygens (including phenoxy) is 2. The van der Waals surface area contributed by atoms with Crippen molar-refractivity contribution in [2.45, 2.75) is 11.0 Å². The first-order chi connectivity index (χ1) is 8.90. The molecule has 0 heterocycles. The molecule has 0 saturated carbocycles. The van der Waals surface area contributed by atoms with Gasteiger partial charge in [0.15, 0.2) is 0 Å². The number of para-hydroxylation sites is 1. The smallest absolute Gasteiger partial charge is 0.240 e. The highest BCUT2D eigenvalue weighted by Crippen LogP contribution is 2.25. The fourth-order valence-corrected chi connectivity index (χ4v) is 2.25. The average Bonchev–Trinajstić information content (AvgIpc) is 2.34. The molecule has 0 saturated heterocycles. The number of nitrogen functional groups attached to an aromatic ring is 1. The summed E-state index contributed by atoms with van der Waals surface area (Å²) in [5.41, 5.74) is 6.36. The van der Waals surface area contributed by atoms with Gasteiger partial charge in [-0.1, -0.05) is 6.07 Å². The van der Waals surface area contributed by atoms with Crippen molar-refractivity contribution in [2.75, 3.05) is 38.4 Å². The molecule has 0 fully saturated rings. The highest BCUT2D eigenvalue weighted by Gasteiger charge is 2.15. The number of nitrogens with two attached hydrogens (primary N) is 2. The number of methoxy groups -OCH3 is 2. The zero-order valence-corrected chi connectivity index (χ0v) is 11.7. The lowest BCUT2D eigenvalue weighted by molar-refractivity contribution is 0.0366. The molecular formula is C11H19N3O4S. The van der Waals surface area contributed by atoms with Crippen molar-refractivity contribution >= 4 is 21.4 Å². The fraction of sp³-hybridized carbons (Fsp3) is 0.455. The Kier molecular flexibility index (Phi) is 5.55. The quantitative estimate of drug-likeness (QED) is 0.608. The number of rotatable bonds is 7. The molecule has 1 rings (SSSR count). The molecule has 0 amide bonds. The van der Waals surface area contributed by atoms with Gasteiger partial charge < -0.3 is 20.5 Å². The summed E-state index contributed by atoms with van der Waals surface area (Å²) in [6.07, 6.45) is -0.164. The van der Waals surface area contributed by atoms with Crippen molar-refractivity contribution in [3.05, 3.63) is 18.2 Å². The largest absolute Gasteiger partial charge is 0.396 e. The Labute approximate surface area is 112 Å². The fourth-order valence-electron chi connectivity index (χ4n) is 1.57. The van der Waals surface area contributed by atoms with E-state index in [1.165, 1.54) is 6.07 Å². The first-order valence-corrected chi connectivity index (χ1v) is 7.11. The van der Waals surface area contributed by atoms with Gasteiger partial charge in [0.2, 0.25) is 10.0 Å². The topological polar surface area (TPSA) is 117 Å². The van der Waals surface area contributed by atoms with Crippen LogP contribution in [-0.4, -0.2) is 41.9 Å². The molecule has 7 nitrogen and oxygen atoms in total. The summed E-state index contributed by atoms with van der Waals surface area (Å²) in [6, 6.07) is 4.60. The molecule has 1 aromatic rings. The van der Waals surface area contributed by atoms with Gasteiger partial charge in [0.25, 0.3) is 0 Å². The third kappa shape index (κ3) is 4.35. The predicted molar refractivity (Wildman–Crippen MR) is 73.4 cm³/mol. The van der Waals surface area contributed by atoms with Crippen LogP contribution in [0.25, 0.3) is 0 Å². The second kappa shape index (κ2) is 6.71. The van der Waals surface area contributed by atoms with Crippen molar-refractivity contribution in [3.63, 3.8) is 0 Å². The summed E-state index contributed by atoms with van der Waals surface area (Å²) >= 11 is 0. The molecular weight excluding hydrogens is 270 g/mol. The predicted octanol–water partition coefficient (Wildman–Crippen LogP) is -0.0105. The maximum atomic E-state index is 11.3. The van der Waals surface area contributed by atoms with E-state index in [2.05, 4.69) is 5.32 Å². The van der Waals surface area contributed by atoms with E-state index >= 15 is 0 Å². The molecule has 0 aliphatic heterocycles. The first-order valence-electron chi connectivity index (χ1n) is 5.57. The van der Waals surface area contributed by atoms with E-state index in [9.17, 15) is 8.42 Å². The molecule has 0 radical (unpaired) electrons. The van der Waals surface area contributed by atoms with E-state index < -0.39 is 10.0 Å². The van der Waals surface area contributed by atoms with Crippen LogP contribution in [0.1, 0.15) is 0 Å². The molecule has 8 heteroatoms. The Balaban J connectivity index is 2.85. The summed E-state index contributed by atoms with van der Waals surface area (Å²) in [5, 5.41) is 8.09. The number of primary sulfonamides is 1. The van der Waals surface area contributed by atoms with Gasteiger partial charge in [0, 0.05) is 20.8 Å². The molecule has 0 spiro atoms. The van der Waals surface area contributed by atoms with Crippen LogP contribution in [0.2, 0.25) is 0 Å². The molecule has 0 aliphatic rings. The van der Waals surface area contributed by atoms with Crippen LogP contribution in [0, 0.1) is 0 Å². The van der Waals surface area contributed by atoms with E-state index in [1.54, 1.807) is 26.4 Å². The number of hydrogen-bond acceptors (Lipinski definition) is 6. The molecule has 108 valence electrons. The van der Waals surface area contributed by atoms with E-state index in [0.29, 0.717) is 18.8 Å². The van der Waals surface area contributed by atoms with Gasteiger partial charge in [-0.25, -0.2) is 13.6 Å². The number of sulfonamides is 1. The van der Waals surface area contributed by atoms with E-state index in [4.69, 9.17) is 20.3 Å². The molecule has 0 bridgehead atoms. The van der Waals surface area contributed by atoms with Crippen molar-refractivity contribution in [3.8, 4) is 0 Å². The zero-order chi connectivity index (χ0) is 14.5. The molecule has 5 N–H and O–H groups in total. The maximum Gasteiger partial charge on any atom is 0.240 e. The Hall–Kier alpha value is -1.35. The molecule has 1 atom stereocenters. The van der Waals surface area contributed by atoms with Crippen molar-refractivity contribution in [2.24, 2.45) is 5.14 Å².